The zero-order valence-electron chi connectivity index (χ0n) is 5.94. The van der Waals surface area contributed by atoms with Crippen molar-refractivity contribution in [1.82, 2.24) is 0 Å². The fourth-order valence-electron chi connectivity index (χ4n) is 1.45. The summed E-state index contributed by atoms with van der Waals surface area (Å²) >= 11 is 1.76. The second-order valence-electron chi connectivity index (χ2n) is 2.79. The third-order valence-corrected chi connectivity index (χ3v) is 2.94. The van der Waals surface area contributed by atoms with Crippen LogP contribution in [0.1, 0.15) is 29.7 Å². The standard InChI is InChI=1S/C9H10S/c1-2-4-8-6-7-10-9(8)5-3-1/h1-5H2. The molecule has 0 atom stereocenters. The molecule has 0 aliphatic heterocycles. The number of rotatable bonds is 0. The molecule has 1 aromatic heterocycles. The smallest absolute Gasteiger partial charge is 0.0251 e. The summed E-state index contributed by atoms with van der Waals surface area (Å²) in [5.74, 6) is 0. The van der Waals surface area contributed by atoms with Gasteiger partial charge in [-0.15, -0.1) is 0 Å². The maximum absolute atomic E-state index is 3.19. The van der Waals surface area contributed by atoms with Crippen molar-refractivity contribution < 1.29 is 0 Å². The zero-order valence-corrected chi connectivity index (χ0v) is 6.76. The Bertz CT molecular complexity index is 192. The van der Waals surface area contributed by atoms with E-state index in [4.69, 9.17) is 0 Å². The van der Waals surface area contributed by atoms with Gasteiger partial charge in [-0.3, -0.25) is 0 Å². The largest absolute Gasteiger partial charge is 0.0880 e. The van der Waals surface area contributed by atoms with Gasteiger partial charge in [0.15, 0.2) is 0 Å². The molecule has 0 fully saturated rings. The Kier molecular flexibility index (Phi) is 1.65. The Morgan fingerprint density at radius 3 is 3.00 bits per heavy atom. The van der Waals surface area contributed by atoms with Gasteiger partial charge in [-0.05, 0) is 31.1 Å². The lowest BCUT2D eigenvalue weighted by molar-refractivity contribution is 0.713. The van der Waals surface area contributed by atoms with E-state index >= 15 is 0 Å². The molecule has 0 saturated heterocycles. The Morgan fingerprint density at radius 2 is 2.00 bits per heavy atom. The molecule has 0 saturated carbocycles. The third-order valence-electron chi connectivity index (χ3n) is 2.04. The fraction of sp³-hybridized carbons (Fsp3) is 0.556. The monoisotopic (exact) mass is 150 g/mol. The summed E-state index contributed by atoms with van der Waals surface area (Å²) in [6, 6.07) is 3.19. The van der Waals surface area contributed by atoms with Crippen LogP contribution in [-0.4, -0.2) is 0 Å². The molecule has 1 heteroatoms. The highest BCUT2D eigenvalue weighted by Gasteiger charge is 2.07. The van der Waals surface area contributed by atoms with Crippen LogP contribution < -0.4 is 0 Å². The van der Waals surface area contributed by atoms with Crippen LogP contribution in [0, 0.1) is 11.4 Å². The summed E-state index contributed by atoms with van der Waals surface area (Å²) in [4.78, 5) is 1.54. The van der Waals surface area contributed by atoms with Crippen LogP contribution in [-0.2, 0) is 12.8 Å². The maximum atomic E-state index is 3.19. The summed E-state index contributed by atoms with van der Waals surface area (Å²) < 4.78 is 0. The molecular formula is C9H10S. The first kappa shape index (κ1) is 6.24. The summed E-state index contributed by atoms with van der Waals surface area (Å²) in [5.41, 5.74) is 1.45. The molecular weight excluding hydrogens is 140 g/mol. The molecule has 0 nitrogen and oxygen atoms in total. The number of fused-ring (bicyclic) bond motifs is 1. The summed E-state index contributed by atoms with van der Waals surface area (Å²) in [6.45, 7) is 0. The highest BCUT2D eigenvalue weighted by Crippen LogP contribution is 2.21. The molecule has 1 aliphatic rings. The van der Waals surface area contributed by atoms with E-state index in [0.29, 0.717) is 0 Å². The van der Waals surface area contributed by atoms with E-state index < -0.39 is 0 Å². The van der Waals surface area contributed by atoms with Crippen molar-refractivity contribution in [2.75, 3.05) is 0 Å². The van der Waals surface area contributed by atoms with Crippen LogP contribution in [0.15, 0.2) is 0 Å². The van der Waals surface area contributed by atoms with E-state index in [0.717, 1.165) is 0 Å². The van der Waals surface area contributed by atoms with Crippen molar-refractivity contribution in [2.45, 2.75) is 32.1 Å². The van der Waals surface area contributed by atoms with E-state index in [2.05, 4.69) is 11.4 Å². The van der Waals surface area contributed by atoms with E-state index in [1.54, 1.807) is 11.3 Å². The van der Waals surface area contributed by atoms with Crippen molar-refractivity contribution in [2.24, 2.45) is 0 Å². The molecule has 0 unspecified atom stereocenters. The predicted molar refractivity (Wildman–Crippen MR) is 43.3 cm³/mol. The van der Waals surface area contributed by atoms with Gasteiger partial charge in [-0.2, -0.15) is 0 Å². The molecule has 52 valence electrons. The molecule has 0 amide bonds. The molecule has 2 rings (SSSR count). The minimum atomic E-state index is 1.25. The van der Waals surface area contributed by atoms with Gasteiger partial charge < -0.3 is 0 Å². The van der Waals surface area contributed by atoms with Crippen LogP contribution in [0.2, 0.25) is 0 Å². The van der Waals surface area contributed by atoms with Crippen molar-refractivity contribution >= 4 is 11.3 Å². The lowest BCUT2D eigenvalue weighted by Gasteiger charge is -1.90. The highest BCUT2D eigenvalue weighted by molar-refractivity contribution is 7.09. The number of hydrogen-bond donors (Lipinski definition) is 0. The number of hydrogen-bond acceptors (Lipinski definition) is 1. The van der Waals surface area contributed by atoms with Crippen LogP contribution in [0.3, 0.4) is 0 Å². The Morgan fingerprint density at radius 1 is 1.10 bits per heavy atom. The molecule has 1 aliphatic carbocycles. The third kappa shape index (κ3) is 1.04. The SMILES string of the molecule is c1sc2c(c#1)CCCCC2. The molecule has 10 heavy (non-hydrogen) atoms. The van der Waals surface area contributed by atoms with Crippen molar-refractivity contribution in [3.8, 4) is 0 Å². The molecule has 0 radical (unpaired) electrons. The molecule has 0 aromatic carbocycles. The van der Waals surface area contributed by atoms with Crippen LogP contribution in [0.5, 0.6) is 0 Å². The van der Waals surface area contributed by atoms with Crippen molar-refractivity contribution in [3.05, 3.63) is 21.9 Å². The normalized spacial score (nSPS) is 17.2. The Hall–Kier alpha value is -0.480. The molecule has 1 aromatic rings. The van der Waals surface area contributed by atoms with Crippen LogP contribution in [0.4, 0.5) is 0 Å². The van der Waals surface area contributed by atoms with E-state index in [9.17, 15) is 0 Å². The highest BCUT2D eigenvalue weighted by atomic mass is 32.1. The van der Waals surface area contributed by atoms with Gasteiger partial charge >= 0.3 is 0 Å². The predicted octanol–water partition coefficient (Wildman–Crippen LogP) is 2.62. The molecule has 1 heterocycles. The topological polar surface area (TPSA) is 0 Å². The quantitative estimate of drug-likeness (QED) is 0.499. The van der Waals surface area contributed by atoms with Gasteiger partial charge in [0.1, 0.15) is 0 Å². The summed E-state index contributed by atoms with van der Waals surface area (Å²) in [5, 5.41) is 3.08. The van der Waals surface area contributed by atoms with Gasteiger partial charge in [0.05, 0.1) is 0 Å². The number of aryl methyl sites for hydroxylation is 1. The van der Waals surface area contributed by atoms with Gasteiger partial charge in [0, 0.05) is 10.4 Å². The van der Waals surface area contributed by atoms with Crippen LogP contribution in [0.25, 0.3) is 0 Å². The van der Waals surface area contributed by atoms with Crippen LogP contribution >= 0.6 is 11.3 Å². The molecule has 0 bridgehead atoms. The van der Waals surface area contributed by atoms with Gasteiger partial charge in [-0.1, -0.05) is 23.8 Å². The fourth-order valence-corrected chi connectivity index (χ4v) is 2.27. The first-order valence-corrected chi connectivity index (χ1v) is 4.68. The van der Waals surface area contributed by atoms with Gasteiger partial charge in [-0.25, -0.2) is 0 Å². The Labute approximate surface area is 65.9 Å². The molecule has 0 spiro atoms. The van der Waals surface area contributed by atoms with Crippen molar-refractivity contribution in [1.29, 1.82) is 0 Å². The minimum Gasteiger partial charge on any atom is -0.0880 e. The average Bonchev–Trinajstić information content (AvgIpc) is 2.28. The second kappa shape index (κ2) is 2.64. The average molecular weight is 150 g/mol. The van der Waals surface area contributed by atoms with Gasteiger partial charge in [0.2, 0.25) is 0 Å². The lowest BCUT2D eigenvalue weighted by atomic mass is 10.2. The van der Waals surface area contributed by atoms with E-state index in [1.807, 2.05) is 0 Å². The molecule has 0 N–H and O–H groups in total. The Balaban J connectivity index is 2.28. The summed E-state index contributed by atoms with van der Waals surface area (Å²) in [6.07, 6.45) is 6.65. The summed E-state index contributed by atoms with van der Waals surface area (Å²) in [7, 11) is 0. The van der Waals surface area contributed by atoms with E-state index in [-0.39, 0.29) is 0 Å². The first-order chi connectivity index (χ1) is 4.97. The zero-order chi connectivity index (χ0) is 6.81. The maximum Gasteiger partial charge on any atom is 0.0251 e. The van der Waals surface area contributed by atoms with Gasteiger partial charge in [0.25, 0.3) is 0 Å². The first-order valence-electron chi connectivity index (χ1n) is 3.87. The van der Waals surface area contributed by atoms with Crippen molar-refractivity contribution in [3.63, 3.8) is 0 Å². The van der Waals surface area contributed by atoms with E-state index in [1.165, 1.54) is 42.5 Å². The lowest BCUT2D eigenvalue weighted by Crippen LogP contribution is -1.80. The minimum absolute atomic E-state index is 1.25. The second-order valence-corrected chi connectivity index (χ2v) is 3.69.